The molecule has 3 rings (SSSR count). The number of hydrogen-bond acceptors (Lipinski definition) is 3. The Labute approximate surface area is 121 Å². The van der Waals surface area contributed by atoms with Gasteiger partial charge in [0.25, 0.3) is 5.91 Å². The van der Waals surface area contributed by atoms with Gasteiger partial charge in [-0.05, 0) is 19.1 Å². The van der Waals surface area contributed by atoms with E-state index in [-0.39, 0.29) is 5.91 Å². The van der Waals surface area contributed by atoms with E-state index in [1.165, 1.54) is 0 Å². The quantitative estimate of drug-likeness (QED) is 0.766. The zero-order valence-electron chi connectivity index (χ0n) is 11.6. The number of aromatic nitrogens is 4. The first-order valence-electron chi connectivity index (χ1n) is 6.59. The fraction of sp³-hybridized carbons (Fsp3) is 0.133. The molecule has 3 aromatic rings. The van der Waals surface area contributed by atoms with Crippen LogP contribution in [0, 0.1) is 6.92 Å². The number of imidazole rings is 2. The minimum absolute atomic E-state index is 0.140. The number of amides is 1. The summed E-state index contributed by atoms with van der Waals surface area (Å²) in [5.41, 5.74) is 2.44. The fourth-order valence-corrected chi connectivity index (χ4v) is 2.11. The summed E-state index contributed by atoms with van der Waals surface area (Å²) in [6, 6.07) is 5.75. The SMILES string of the molecule is Cc1ccc(-n2ccnc2)c(C(=O)NCc2ncc[nH]2)c1. The number of rotatable bonds is 4. The number of carbonyl (C=O) groups is 1. The van der Waals surface area contributed by atoms with Crippen LogP contribution in [0.2, 0.25) is 0 Å². The number of aryl methyl sites for hydroxylation is 1. The first-order chi connectivity index (χ1) is 10.2. The number of carbonyl (C=O) groups excluding carboxylic acids is 1. The van der Waals surface area contributed by atoms with E-state index in [9.17, 15) is 4.79 Å². The molecule has 2 N–H and O–H groups in total. The molecular weight excluding hydrogens is 266 g/mol. The van der Waals surface area contributed by atoms with E-state index in [1.54, 1.807) is 24.9 Å². The Kier molecular flexibility index (Phi) is 3.51. The van der Waals surface area contributed by atoms with E-state index in [2.05, 4.69) is 20.3 Å². The lowest BCUT2D eigenvalue weighted by Crippen LogP contribution is -2.24. The first-order valence-corrected chi connectivity index (χ1v) is 6.59. The third kappa shape index (κ3) is 2.84. The van der Waals surface area contributed by atoms with Gasteiger partial charge < -0.3 is 14.9 Å². The van der Waals surface area contributed by atoms with Gasteiger partial charge in [0.2, 0.25) is 0 Å². The Morgan fingerprint density at radius 3 is 3.00 bits per heavy atom. The lowest BCUT2D eigenvalue weighted by Gasteiger charge is -2.11. The summed E-state index contributed by atoms with van der Waals surface area (Å²) < 4.78 is 1.82. The van der Waals surface area contributed by atoms with Crippen LogP contribution in [-0.2, 0) is 6.54 Å². The summed E-state index contributed by atoms with van der Waals surface area (Å²) in [4.78, 5) is 23.5. The van der Waals surface area contributed by atoms with Gasteiger partial charge in [-0.1, -0.05) is 11.6 Å². The van der Waals surface area contributed by atoms with Gasteiger partial charge in [0.15, 0.2) is 0 Å². The maximum Gasteiger partial charge on any atom is 0.253 e. The van der Waals surface area contributed by atoms with Crippen LogP contribution in [0.25, 0.3) is 5.69 Å². The van der Waals surface area contributed by atoms with E-state index in [0.717, 1.165) is 17.1 Å². The second-order valence-electron chi connectivity index (χ2n) is 4.71. The van der Waals surface area contributed by atoms with Crippen molar-refractivity contribution < 1.29 is 4.79 Å². The zero-order chi connectivity index (χ0) is 14.7. The molecule has 106 valence electrons. The second kappa shape index (κ2) is 5.62. The van der Waals surface area contributed by atoms with Gasteiger partial charge in [-0.15, -0.1) is 0 Å². The van der Waals surface area contributed by atoms with E-state index in [1.807, 2.05) is 35.9 Å². The number of hydrogen-bond donors (Lipinski definition) is 2. The minimum Gasteiger partial charge on any atom is -0.347 e. The molecule has 0 aliphatic rings. The van der Waals surface area contributed by atoms with E-state index in [4.69, 9.17) is 0 Å². The lowest BCUT2D eigenvalue weighted by atomic mass is 10.1. The van der Waals surface area contributed by atoms with Crippen molar-refractivity contribution >= 4 is 5.91 Å². The van der Waals surface area contributed by atoms with Gasteiger partial charge in [0.1, 0.15) is 5.82 Å². The van der Waals surface area contributed by atoms with Gasteiger partial charge >= 0.3 is 0 Å². The topological polar surface area (TPSA) is 75.6 Å². The van der Waals surface area contributed by atoms with Crippen LogP contribution in [0.3, 0.4) is 0 Å². The predicted molar refractivity (Wildman–Crippen MR) is 78.1 cm³/mol. The Balaban J connectivity index is 1.86. The molecule has 0 aliphatic heterocycles. The zero-order valence-corrected chi connectivity index (χ0v) is 11.6. The van der Waals surface area contributed by atoms with Gasteiger partial charge in [-0.3, -0.25) is 4.79 Å². The smallest absolute Gasteiger partial charge is 0.253 e. The molecule has 0 saturated heterocycles. The third-order valence-electron chi connectivity index (χ3n) is 3.15. The monoisotopic (exact) mass is 281 g/mol. The number of nitrogens with zero attached hydrogens (tertiary/aromatic N) is 3. The highest BCUT2D eigenvalue weighted by Crippen LogP contribution is 2.16. The van der Waals surface area contributed by atoms with Crippen LogP contribution in [0.15, 0.2) is 49.3 Å². The molecule has 0 bridgehead atoms. The summed E-state index contributed by atoms with van der Waals surface area (Å²) in [6.07, 6.45) is 8.56. The van der Waals surface area contributed by atoms with Gasteiger partial charge in [0, 0.05) is 24.8 Å². The van der Waals surface area contributed by atoms with Crippen molar-refractivity contribution in [3.63, 3.8) is 0 Å². The predicted octanol–water partition coefficient (Wildman–Crippen LogP) is 1.83. The Bertz CT molecular complexity index is 732. The van der Waals surface area contributed by atoms with Crippen LogP contribution in [0.5, 0.6) is 0 Å². The average molecular weight is 281 g/mol. The van der Waals surface area contributed by atoms with E-state index in [0.29, 0.717) is 12.1 Å². The molecule has 0 aliphatic carbocycles. The molecule has 2 heterocycles. The standard InChI is InChI=1S/C15H15N5O/c1-11-2-3-13(20-7-6-16-10-20)12(8-11)15(21)19-9-14-17-4-5-18-14/h2-8,10H,9H2,1H3,(H,17,18)(H,19,21). The van der Waals surface area contributed by atoms with Crippen molar-refractivity contribution in [1.29, 1.82) is 0 Å². The average Bonchev–Trinajstić information content (AvgIpc) is 3.18. The Hall–Kier alpha value is -2.89. The van der Waals surface area contributed by atoms with E-state index >= 15 is 0 Å². The summed E-state index contributed by atoms with van der Waals surface area (Å²) in [7, 11) is 0. The Morgan fingerprint density at radius 1 is 1.38 bits per heavy atom. The number of nitrogens with one attached hydrogen (secondary N) is 2. The molecule has 0 unspecified atom stereocenters. The van der Waals surface area contributed by atoms with Crippen LogP contribution in [0.1, 0.15) is 21.7 Å². The number of benzene rings is 1. The molecule has 6 nitrogen and oxygen atoms in total. The van der Waals surface area contributed by atoms with Crippen LogP contribution < -0.4 is 5.32 Å². The number of aromatic amines is 1. The largest absolute Gasteiger partial charge is 0.347 e. The lowest BCUT2D eigenvalue weighted by molar-refractivity contribution is 0.0950. The summed E-state index contributed by atoms with van der Waals surface area (Å²) in [6.45, 7) is 2.32. The van der Waals surface area contributed by atoms with E-state index < -0.39 is 0 Å². The van der Waals surface area contributed by atoms with Crippen LogP contribution >= 0.6 is 0 Å². The van der Waals surface area contributed by atoms with Crippen molar-refractivity contribution in [2.45, 2.75) is 13.5 Å². The highest BCUT2D eigenvalue weighted by atomic mass is 16.1. The summed E-state index contributed by atoms with van der Waals surface area (Å²) in [5.74, 6) is 0.582. The molecule has 0 spiro atoms. The summed E-state index contributed by atoms with van der Waals surface area (Å²) >= 11 is 0. The minimum atomic E-state index is -0.140. The van der Waals surface area contributed by atoms with Crippen molar-refractivity contribution in [1.82, 2.24) is 24.8 Å². The molecule has 0 saturated carbocycles. The fourth-order valence-electron chi connectivity index (χ4n) is 2.11. The Morgan fingerprint density at radius 2 is 2.29 bits per heavy atom. The highest BCUT2D eigenvalue weighted by Gasteiger charge is 2.13. The second-order valence-corrected chi connectivity index (χ2v) is 4.71. The molecule has 1 aromatic carbocycles. The first kappa shape index (κ1) is 13.1. The normalized spacial score (nSPS) is 10.5. The van der Waals surface area contributed by atoms with Crippen LogP contribution in [0.4, 0.5) is 0 Å². The maximum absolute atomic E-state index is 12.4. The molecule has 21 heavy (non-hydrogen) atoms. The van der Waals surface area contributed by atoms with Gasteiger partial charge in [-0.25, -0.2) is 9.97 Å². The molecule has 0 radical (unpaired) electrons. The molecule has 1 amide bonds. The van der Waals surface area contributed by atoms with Crippen molar-refractivity contribution in [3.05, 3.63) is 66.3 Å². The third-order valence-corrected chi connectivity index (χ3v) is 3.15. The number of H-pyrrole nitrogens is 1. The molecule has 2 aromatic heterocycles. The van der Waals surface area contributed by atoms with Crippen molar-refractivity contribution in [2.24, 2.45) is 0 Å². The maximum atomic E-state index is 12.4. The molecule has 6 heteroatoms. The van der Waals surface area contributed by atoms with Crippen molar-refractivity contribution in [2.75, 3.05) is 0 Å². The van der Waals surface area contributed by atoms with Crippen LogP contribution in [-0.4, -0.2) is 25.4 Å². The molecule has 0 atom stereocenters. The molecule has 0 fully saturated rings. The summed E-state index contributed by atoms with van der Waals surface area (Å²) in [5, 5.41) is 2.86. The van der Waals surface area contributed by atoms with Gasteiger partial charge in [-0.2, -0.15) is 0 Å². The van der Waals surface area contributed by atoms with Crippen molar-refractivity contribution in [3.8, 4) is 5.69 Å². The highest BCUT2D eigenvalue weighted by molar-refractivity contribution is 5.97. The molecular formula is C15H15N5O. The van der Waals surface area contributed by atoms with Gasteiger partial charge in [0.05, 0.1) is 24.1 Å².